The van der Waals surface area contributed by atoms with E-state index in [-0.39, 0.29) is 0 Å². The molecule has 18 heavy (non-hydrogen) atoms. The molecule has 1 N–H and O–H groups in total. The van der Waals surface area contributed by atoms with Gasteiger partial charge in [-0.15, -0.1) is 0 Å². The summed E-state index contributed by atoms with van der Waals surface area (Å²) in [5.41, 5.74) is 4.89. The van der Waals surface area contributed by atoms with Gasteiger partial charge >= 0.3 is 0 Å². The van der Waals surface area contributed by atoms with Crippen LogP contribution in [0.3, 0.4) is 0 Å². The van der Waals surface area contributed by atoms with Gasteiger partial charge in [-0.25, -0.2) is 0 Å². The summed E-state index contributed by atoms with van der Waals surface area (Å²) in [6.07, 6.45) is 3.86. The van der Waals surface area contributed by atoms with Crippen molar-refractivity contribution in [2.75, 3.05) is 25.0 Å². The Labute approximate surface area is 110 Å². The summed E-state index contributed by atoms with van der Waals surface area (Å²) in [5.74, 6) is 0. The quantitative estimate of drug-likeness (QED) is 0.859. The molecule has 98 valence electrons. The van der Waals surface area contributed by atoms with E-state index in [0.29, 0.717) is 5.41 Å². The summed E-state index contributed by atoms with van der Waals surface area (Å²) >= 11 is 0. The highest BCUT2D eigenvalue weighted by Gasteiger charge is 2.25. The maximum atomic E-state index is 3.43. The van der Waals surface area contributed by atoms with Gasteiger partial charge in [0.2, 0.25) is 0 Å². The molecule has 2 aliphatic rings. The van der Waals surface area contributed by atoms with Crippen LogP contribution in [0, 0.1) is 5.41 Å². The van der Waals surface area contributed by atoms with Gasteiger partial charge in [0.25, 0.3) is 0 Å². The van der Waals surface area contributed by atoms with Crippen LogP contribution in [0.4, 0.5) is 5.69 Å². The van der Waals surface area contributed by atoms with Crippen LogP contribution < -0.4 is 5.32 Å². The van der Waals surface area contributed by atoms with Crippen LogP contribution in [0.15, 0.2) is 18.2 Å². The lowest BCUT2D eigenvalue weighted by atomic mass is 9.82. The first-order valence-electron chi connectivity index (χ1n) is 7.20. The Morgan fingerprint density at radius 2 is 2.00 bits per heavy atom. The molecule has 2 heteroatoms. The molecule has 2 nitrogen and oxygen atoms in total. The first-order chi connectivity index (χ1) is 8.62. The van der Waals surface area contributed by atoms with E-state index in [0.717, 1.165) is 13.1 Å². The number of benzene rings is 1. The summed E-state index contributed by atoms with van der Waals surface area (Å²) < 4.78 is 0. The second kappa shape index (κ2) is 4.58. The average Bonchev–Trinajstić information content (AvgIpc) is 2.79. The van der Waals surface area contributed by atoms with Crippen LogP contribution in [-0.4, -0.2) is 24.5 Å². The minimum atomic E-state index is 0.554. The minimum absolute atomic E-state index is 0.554. The zero-order chi connectivity index (χ0) is 12.6. The molecule has 1 aromatic rings. The molecule has 2 heterocycles. The lowest BCUT2D eigenvalue weighted by molar-refractivity contribution is 0.127. The number of hydrogen-bond acceptors (Lipinski definition) is 2. The van der Waals surface area contributed by atoms with E-state index >= 15 is 0 Å². The fraction of sp³-hybridized carbons (Fsp3) is 0.625. The second-order valence-corrected chi connectivity index (χ2v) is 6.61. The SMILES string of the molecule is CC1(C)CCN(Cc2ccc3c(c2)CCN3)CC1. The monoisotopic (exact) mass is 244 g/mol. The molecule has 2 aliphatic heterocycles. The predicted molar refractivity (Wildman–Crippen MR) is 76.9 cm³/mol. The number of hydrogen-bond donors (Lipinski definition) is 1. The molecule has 3 rings (SSSR count). The summed E-state index contributed by atoms with van der Waals surface area (Å²) in [6.45, 7) is 9.53. The van der Waals surface area contributed by atoms with Crippen LogP contribution >= 0.6 is 0 Å². The fourth-order valence-corrected chi connectivity index (χ4v) is 3.03. The summed E-state index contributed by atoms with van der Waals surface area (Å²) in [7, 11) is 0. The van der Waals surface area contributed by atoms with E-state index in [1.165, 1.54) is 49.2 Å². The van der Waals surface area contributed by atoms with Crippen molar-refractivity contribution in [3.63, 3.8) is 0 Å². The Morgan fingerprint density at radius 1 is 1.22 bits per heavy atom. The number of nitrogens with zero attached hydrogens (tertiary/aromatic N) is 1. The Morgan fingerprint density at radius 3 is 2.78 bits per heavy atom. The zero-order valence-corrected chi connectivity index (χ0v) is 11.6. The predicted octanol–water partition coefficient (Wildman–Crippen LogP) is 3.28. The summed E-state index contributed by atoms with van der Waals surface area (Å²) in [5, 5.41) is 3.43. The molecule has 1 saturated heterocycles. The summed E-state index contributed by atoms with van der Waals surface area (Å²) in [4.78, 5) is 2.61. The maximum absolute atomic E-state index is 3.43. The Hall–Kier alpha value is -1.02. The third-order valence-electron chi connectivity index (χ3n) is 4.50. The number of rotatable bonds is 2. The van der Waals surface area contributed by atoms with E-state index in [1.807, 2.05) is 0 Å². The molecular weight excluding hydrogens is 220 g/mol. The highest BCUT2D eigenvalue weighted by molar-refractivity contribution is 5.56. The third-order valence-corrected chi connectivity index (χ3v) is 4.50. The van der Waals surface area contributed by atoms with Crippen molar-refractivity contribution in [2.45, 2.75) is 39.7 Å². The molecule has 0 aromatic heterocycles. The van der Waals surface area contributed by atoms with Crippen LogP contribution in [0.2, 0.25) is 0 Å². The molecule has 0 radical (unpaired) electrons. The smallest absolute Gasteiger partial charge is 0.0373 e. The second-order valence-electron chi connectivity index (χ2n) is 6.61. The van der Waals surface area contributed by atoms with Crippen molar-refractivity contribution in [2.24, 2.45) is 5.41 Å². The van der Waals surface area contributed by atoms with Gasteiger partial charge in [-0.3, -0.25) is 4.90 Å². The van der Waals surface area contributed by atoms with Crippen molar-refractivity contribution >= 4 is 5.69 Å². The van der Waals surface area contributed by atoms with Gasteiger partial charge < -0.3 is 5.32 Å². The maximum Gasteiger partial charge on any atom is 0.0373 e. The molecule has 0 atom stereocenters. The number of anilines is 1. The first kappa shape index (κ1) is 12.0. The number of likely N-dealkylation sites (tertiary alicyclic amines) is 1. The van der Waals surface area contributed by atoms with Gasteiger partial charge in [0.05, 0.1) is 0 Å². The highest BCUT2D eigenvalue weighted by Crippen LogP contribution is 2.31. The zero-order valence-electron chi connectivity index (χ0n) is 11.6. The van der Waals surface area contributed by atoms with Crippen LogP contribution in [0.5, 0.6) is 0 Å². The van der Waals surface area contributed by atoms with Gasteiger partial charge in [0.15, 0.2) is 0 Å². The highest BCUT2D eigenvalue weighted by atomic mass is 15.1. The largest absolute Gasteiger partial charge is 0.384 e. The molecule has 0 saturated carbocycles. The minimum Gasteiger partial charge on any atom is -0.384 e. The lowest BCUT2D eigenvalue weighted by Crippen LogP contribution is -2.36. The first-order valence-corrected chi connectivity index (χ1v) is 7.20. The van der Waals surface area contributed by atoms with Gasteiger partial charge in [0.1, 0.15) is 0 Å². The van der Waals surface area contributed by atoms with Gasteiger partial charge in [0, 0.05) is 18.8 Å². The molecule has 0 amide bonds. The van der Waals surface area contributed by atoms with Crippen molar-refractivity contribution < 1.29 is 0 Å². The van der Waals surface area contributed by atoms with E-state index in [9.17, 15) is 0 Å². The topological polar surface area (TPSA) is 15.3 Å². The van der Waals surface area contributed by atoms with Crippen molar-refractivity contribution in [3.8, 4) is 0 Å². The van der Waals surface area contributed by atoms with Crippen LogP contribution in [0.1, 0.15) is 37.8 Å². The van der Waals surface area contributed by atoms with Crippen molar-refractivity contribution in [1.29, 1.82) is 0 Å². The Bertz CT molecular complexity index is 427. The Kier molecular flexibility index (Phi) is 3.06. The number of fused-ring (bicyclic) bond motifs is 1. The van der Waals surface area contributed by atoms with Crippen molar-refractivity contribution in [3.05, 3.63) is 29.3 Å². The molecule has 0 aliphatic carbocycles. The summed E-state index contributed by atoms with van der Waals surface area (Å²) in [6, 6.07) is 6.94. The fourth-order valence-electron chi connectivity index (χ4n) is 3.03. The Balaban J connectivity index is 1.63. The number of nitrogens with one attached hydrogen (secondary N) is 1. The van der Waals surface area contributed by atoms with Crippen LogP contribution in [0.25, 0.3) is 0 Å². The molecule has 0 bridgehead atoms. The number of piperidine rings is 1. The van der Waals surface area contributed by atoms with Gasteiger partial charge in [-0.2, -0.15) is 0 Å². The van der Waals surface area contributed by atoms with Gasteiger partial charge in [-0.1, -0.05) is 26.0 Å². The molecule has 1 aromatic carbocycles. The molecule has 1 fully saturated rings. The van der Waals surface area contributed by atoms with E-state index in [1.54, 1.807) is 0 Å². The van der Waals surface area contributed by atoms with Crippen molar-refractivity contribution in [1.82, 2.24) is 4.90 Å². The standard InChI is InChI=1S/C16H24N2/c1-16(2)6-9-18(10-7-16)12-13-3-4-15-14(11-13)5-8-17-15/h3-4,11,17H,5-10,12H2,1-2H3. The van der Waals surface area contributed by atoms with Crippen LogP contribution in [-0.2, 0) is 13.0 Å². The van der Waals surface area contributed by atoms with E-state index in [2.05, 4.69) is 42.3 Å². The molecule has 0 spiro atoms. The van der Waals surface area contributed by atoms with E-state index < -0.39 is 0 Å². The normalized spacial score (nSPS) is 22.6. The van der Waals surface area contributed by atoms with Gasteiger partial charge in [-0.05, 0) is 55.0 Å². The molecule has 0 unspecified atom stereocenters. The molecular formula is C16H24N2. The van der Waals surface area contributed by atoms with E-state index in [4.69, 9.17) is 0 Å². The average molecular weight is 244 g/mol. The lowest BCUT2D eigenvalue weighted by Gasteiger charge is -2.37. The third kappa shape index (κ3) is 2.54.